The monoisotopic (exact) mass is 477 g/mol. The van der Waals surface area contributed by atoms with Crippen molar-refractivity contribution in [2.75, 3.05) is 31.1 Å². The Kier molecular flexibility index (Phi) is 5.93. The van der Waals surface area contributed by atoms with Gasteiger partial charge in [-0.15, -0.1) is 0 Å². The van der Waals surface area contributed by atoms with Gasteiger partial charge < -0.3 is 9.80 Å². The van der Waals surface area contributed by atoms with Crippen molar-refractivity contribution in [1.82, 2.24) is 29.6 Å². The van der Waals surface area contributed by atoms with Gasteiger partial charge >= 0.3 is 0 Å². The first-order valence-corrected chi connectivity index (χ1v) is 11.1. The maximum atomic E-state index is 13.5. The number of benzene rings is 1. The number of nitrogens with zero attached hydrogens (tertiary/aromatic N) is 7. The molecule has 1 amide bonds. The molecule has 1 fully saturated rings. The van der Waals surface area contributed by atoms with Gasteiger partial charge in [-0.05, 0) is 36.4 Å². The van der Waals surface area contributed by atoms with Crippen LogP contribution in [0.3, 0.4) is 0 Å². The number of piperazine rings is 1. The van der Waals surface area contributed by atoms with Crippen molar-refractivity contribution in [3.05, 3.63) is 77.7 Å². The third-order valence-corrected chi connectivity index (χ3v) is 6.14. The molecule has 4 heterocycles. The summed E-state index contributed by atoms with van der Waals surface area (Å²) in [6.45, 7) is 2.32. The average Bonchev–Trinajstić information content (AvgIpc) is 3.30. The molecular weight excluding hydrogens is 457 g/mol. The fourth-order valence-corrected chi connectivity index (χ4v) is 4.20. The molecule has 0 unspecified atom stereocenters. The lowest BCUT2D eigenvalue weighted by atomic mass is 10.0. The molecule has 10 heteroatoms. The van der Waals surface area contributed by atoms with E-state index in [0.29, 0.717) is 59.7 Å². The van der Waals surface area contributed by atoms with Gasteiger partial charge in [0.25, 0.3) is 5.91 Å². The van der Waals surface area contributed by atoms with Gasteiger partial charge in [-0.1, -0.05) is 11.6 Å². The largest absolute Gasteiger partial charge is 0.352 e. The van der Waals surface area contributed by atoms with Gasteiger partial charge in [-0.3, -0.25) is 19.4 Å². The standard InChI is InChI=1S/C24H21ClFN7O/c1-31-20(7-9-29-31)24(34)33-12-10-32(11-13-33)21-15-28-22(16-2-4-17(26)5-3-16)23(30-21)18-6-8-27-14-19(18)25/h2-9,14-15H,10-13H2,1H3. The van der Waals surface area contributed by atoms with E-state index in [0.717, 1.165) is 5.56 Å². The highest BCUT2D eigenvalue weighted by molar-refractivity contribution is 6.33. The van der Waals surface area contributed by atoms with Crippen molar-refractivity contribution < 1.29 is 9.18 Å². The number of rotatable bonds is 4. The zero-order valence-corrected chi connectivity index (χ0v) is 19.2. The van der Waals surface area contributed by atoms with Crippen molar-refractivity contribution >= 4 is 23.3 Å². The van der Waals surface area contributed by atoms with Gasteiger partial charge in [-0.25, -0.2) is 9.37 Å². The molecule has 0 atom stereocenters. The number of aromatic nitrogens is 5. The Hall–Kier alpha value is -3.85. The molecule has 0 saturated carbocycles. The topological polar surface area (TPSA) is 80.0 Å². The van der Waals surface area contributed by atoms with Crippen LogP contribution < -0.4 is 4.90 Å². The predicted molar refractivity (Wildman–Crippen MR) is 127 cm³/mol. The van der Waals surface area contributed by atoms with E-state index in [9.17, 15) is 9.18 Å². The lowest BCUT2D eigenvalue weighted by molar-refractivity contribution is 0.0735. The first-order chi connectivity index (χ1) is 16.5. The molecule has 1 saturated heterocycles. The van der Waals surface area contributed by atoms with E-state index in [-0.39, 0.29) is 11.7 Å². The molecule has 1 aromatic carbocycles. The van der Waals surface area contributed by atoms with Gasteiger partial charge in [0.2, 0.25) is 0 Å². The van der Waals surface area contributed by atoms with Crippen LogP contribution in [-0.4, -0.2) is 61.7 Å². The molecule has 0 radical (unpaired) electrons. The number of pyridine rings is 1. The minimum atomic E-state index is -0.324. The van der Waals surface area contributed by atoms with Crippen LogP contribution in [0.1, 0.15) is 10.5 Å². The molecule has 8 nitrogen and oxygen atoms in total. The summed E-state index contributed by atoms with van der Waals surface area (Å²) in [5.74, 6) is 0.318. The summed E-state index contributed by atoms with van der Waals surface area (Å²) >= 11 is 6.44. The highest BCUT2D eigenvalue weighted by Crippen LogP contribution is 2.34. The van der Waals surface area contributed by atoms with Crippen molar-refractivity contribution in [2.24, 2.45) is 7.05 Å². The van der Waals surface area contributed by atoms with E-state index >= 15 is 0 Å². The number of carbonyl (C=O) groups excluding carboxylic acids is 1. The first-order valence-electron chi connectivity index (χ1n) is 10.8. The molecule has 172 valence electrons. The molecular formula is C24H21ClFN7O. The van der Waals surface area contributed by atoms with Crippen LogP contribution in [-0.2, 0) is 7.05 Å². The van der Waals surface area contributed by atoms with Gasteiger partial charge in [-0.2, -0.15) is 5.10 Å². The SMILES string of the molecule is Cn1nccc1C(=O)N1CCN(c2cnc(-c3ccc(F)cc3)c(-c3ccncc3Cl)n2)CC1. The quantitative estimate of drug-likeness (QED) is 0.446. The second-order valence-corrected chi connectivity index (χ2v) is 8.31. The number of halogens is 2. The van der Waals surface area contributed by atoms with Gasteiger partial charge in [0.1, 0.15) is 23.0 Å². The summed E-state index contributed by atoms with van der Waals surface area (Å²) in [5.41, 5.74) is 3.17. The van der Waals surface area contributed by atoms with E-state index in [1.54, 1.807) is 60.8 Å². The Bertz CT molecular complexity index is 1330. The molecule has 34 heavy (non-hydrogen) atoms. The molecule has 1 aliphatic heterocycles. The molecule has 0 bridgehead atoms. The summed E-state index contributed by atoms with van der Waals surface area (Å²) in [6, 6.07) is 9.62. The van der Waals surface area contributed by atoms with E-state index in [1.165, 1.54) is 12.1 Å². The zero-order chi connectivity index (χ0) is 23.7. The summed E-state index contributed by atoms with van der Waals surface area (Å²) in [7, 11) is 1.76. The maximum absolute atomic E-state index is 13.5. The molecule has 4 aromatic rings. The summed E-state index contributed by atoms with van der Waals surface area (Å²) < 4.78 is 15.1. The van der Waals surface area contributed by atoms with Gasteiger partial charge in [0, 0.05) is 62.9 Å². The number of hydrogen-bond donors (Lipinski definition) is 0. The molecule has 1 aliphatic rings. The number of amides is 1. The lowest BCUT2D eigenvalue weighted by Gasteiger charge is -2.35. The highest BCUT2D eigenvalue weighted by atomic mass is 35.5. The fourth-order valence-electron chi connectivity index (χ4n) is 3.99. The Morgan fingerprint density at radius 3 is 2.41 bits per heavy atom. The third-order valence-electron chi connectivity index (χ3n) is 5.84. The maximum Gasteiger partial charge on any atom is 0.272 e. The Morgan fingerprint density at radius 1 is 0.971 bits per heavy atom. The average molecular weight is 478 g/mol. The number of carbonyl (C=O) groups is 1. The van der Waals surface area contributed by atoms with Gasteiger partial charge in [0.15, 0.2) is 0 Å². The molecule has 3 aromatic heterocycles. The predicted octanol–water partition coefficient (Wildman–Crippen LogP) is 3.69. The number of hydrogen-bond acceptors (Lipinski definition) is 6. The Labute approximate surface area is 200 Å². The molecule has 0 aliphatic carbocycles. The van der Waals surface area contributed by atoms with Crippen molar-refractivity contribution in [3.8, 4) is 22.5 Å². The van der Waals surface area contributed by atoms with Crippen LogP contribution in [0.4, 0.5) is 10.2 Å². The van der Waals surface area contributed by atoms with E-state index < -0.39 is 0 Å². The van der Waals surface area contributed by atoms with Crippen LogP contribution in [0.15, 0.2) is 61.2 Å². The first kappa shape index (κ1) is 22.0. The molecule has 5 rings (SSSR count). The second-order valence-electron chi connectivity index (χ2n) is 7.91. The summed E-state index contributed by atoms with van der Waals surface area (Å²) in [5, 5.41) is 4.53. The number of anilines is 1. The Balaban J connectivity index is 1.44. The van der Waals surface area contributed by atoms with E-state index in [4.69, 9.17) is 16.6 Å². The Morgan fingerprint density at radius 2 is 1.74 bits per heavy atom. The number of aryl methyl sites for hydroxylation is 1. The minimum Gasteiger partial charge on any atom is -0.352 e. The minimum absolute atomic E-state index is 0.0401. The third kappa shape index (κ3) is 4.22. The summed E-state index contributed by atoms with van der Waals surface area (Å²) in [6.07, 6.45) is 6.53. The van der Waals surface area contributed by atoms with Crippen LogP contribution in [0, 0.1) is 5.82 Å². The normalized spacial score (nSPS) is 13.9. The van der Waals surface area contributed by atoms with Crippen molar-refractivity contribution in [1.29, 1.82) is 0 Å². The van der Waals surface area contributed by atoms with Gasteiger partial charge in [0.05, 0.1) is 16.9 Å². The van der Waals surface area contributed by atoms with Crippen molar-refractivity contribution in [2.45, 2.75) is 0 Å². The van der Waals surface area contributed by atoms with Crippen LogP contribution in [0.2, 0.25) is 5.02 Å². The summed E-state index contributed by atoms with van der Waals surface area (Å²) in [4.78, 5) is 30.3. The fraction of sp³-hybridized carbons (Fsp3) is 0.208. The lowest BCUT2D eigenvalue weighted by Crippen LogP contribution is -2.49. The van der Waals surface area contributed by atoms with Crippen LogP contribution in [0.5, 0.6) is 0 Å². The highest BCUT2D eigenvalue weighted by Gasteiger charge is 2.25. The van der Waals surface area contributed by atoms with Crippen LogP contribution in [0.25, 0.3) is 22.5 Å². The van der Waals surface area contributed by atoms with E-state index in [1.807, 2.05) is 4.90 Å². The molecule has 0 N–H and O–H groups in total. The second kappa shape index (κ2) is 9.18. The molecule has 0 spiro atoms. The zero-order valence-electron chi connectivity index (χ0n) is 18.4. The van der Waals surface area contributed by atoms with Crippen molar-refractivity contribution in [3.63, 3.8) is 0 Å². The smallest absolute Gasteiger partial charge is 0.272 e. The van der Waals surface area contributed by atoms with Crippen LogP contribution >= 0.6 is 11.6 Å². The van der Waals surface area contributed by atoms with E-state index in [2.05, 4.69) is 20.0 Å².